The van der Waals surface area contributed by atoms with Crippen LogP contribution in [0.5, 0.6) is 11.5 Å². The van der Waals surface area contributed by atoms with E-state index in [1.807, 2.05) is 61.7 Å². The Kier molecular flexibility index (Phi) is 7.08. The van der Waals surface area contributed by atoms with Gasteiger partial charge in [0.05, 0.1) is 15.9 Å². The van der Waals surface area contributed by atoms with Crippen molar-refractivity contribution in [2.24, 2.45) is 4.99 Å². The molecule has 6 N–H and O–H groups in total. The van der Waals surface area contributed by atoms with Crippen LogP contribution in [0.4, 0.5) is 17.3 Å². The maximum absolute atomic E-state index is 9.54. The zero-order valence-electron chi connectivity index (χ0n) is 18.7. The minimum Gasteiger partial charge on any atom is -0.490 e. The minimum atomic E-state index is -0.682. The van der Waals surface area contributed by atoms with Crippen LogP contribution in [0.1, 0.15) is 35.2 Å². The summed E-state index contributed by atoms with van der Waals surface area (Å²) in [5.74, 6) is 1.63. The smallest absolute Gasteiger partial charge is 0.211 e. The molecule has 176 valence electrons. The van der Waals surface area contributed by atoms with Crippen LogP contribution in [0.2, 0.25) is 0 Å². The molecule has 1 aliphatic rings. The first-order chi connectivity index (χ1) is 17.0. The largest absolute Gasteiger partial charge is 0.490 e. The summed E-state index contributed by atoms with van der Waals surface area (Å²) in [6, 6.07) is 14.9. The molecule has 35 heavy (non-hydrogen) atoms. The minimum absolute atomic E-state index is 0.0116. The number of nitriles is 2. The molecule has 1 atom stereocenters. The molecule has 1 unspecified atom stereocenters. The number of halogens is 1. The highest BCUT2D eigenvalue weighted by Crippen LogP contribution is 2.44. The van der Waals surface area contributed by atoms with Gasteiger partial charge < -0.3 is 26.3 Å². The number of nitrogen functional groups attached to an aromatic ring is 2. The topological polar surface area (TPSA) is 167 Å². The summed E-state index contributed by atoms with van der Waals surface area (Å²) in [5, 5.41) is 24.1. The molecule has 10 nitrogen and oxygen atoms in total. The number of nitrogens with two attached hydrogens (primary N) is 2. The number of benzene rings is 2. The maximum Gasteiger partial charge on any atom is 0.211 e. The number of anilines is 3. The van der Waals surface area contributed by atoms with Crippen molar-refractivity contribution in [3.8, 4) is 23.8 Å². The number of ether oxygens (including phenoxy) is 2. The number of fused-ring (bicyclic) bond motifs is 1. The predicted molar refractivity (Wildman–Crippen MR) is 141 cm³/mol. The molecule has 11 heteroatoms. The molecule has 2 heterocycles. The molecule has 0 saturated carbocycles. The fourth-order valence-corrected chi connectivity index (χ4v) is 4.48. The Morgan fingerprint density at radius 1 is 1.17 bits per heavy atom. The van der Waals surface area contributed by atoms with Crippen LogP contribution in [-0.2, 0) is 6.61 Å². The van der Waals surface area contributed by atoms with E-state index >= 15 is 0 Å². The fourth-order valence-electron chi connectivity index (χ4n) is 3.70. The van der Waals surface area contributed by atoms with E-state index in [0.29, 0.717) is 41.7 Å². The first-order valence-corrected chi connectivity index (χ1v) is 11.7. The molecular formula is C24H21IN8O2. The van der Waals surface area contributed by atoms with Gasteiger partial charge in [-0.25, -0.2) is 9.98 Å². The Morgan fingerprint density at radius 2 is 1.94 bits per heavy atom. The summed E-state index contributed by atoms with van der Waals surface area (Å²) in [5.41, 5.74) is 14.7. The summed E-state index contributed by atoms with van der Waals surface area (Å²) < 4.78 is 12.8. The average Bonchev–Trinajstić information content (AvgIpc) is 2.84. The number of nitrogens with one attached hydrogen (secondary N) is 2. The number of pyridine rings is 1. The summed E-state index contributed by atoms with van der Waals surface area (Å²) in [6.07, 6.45) is 1.84. The van der Waals surface area contributed by atoms with Gasteiger partial charge in [0, 0.05) is 5.56 Å². The third-order valence-corrected chi connectivity index (χ3v) is 6.03. The van der Waals surface area contributed by atoms with Gasteiger partial charge in [-0.3, -0.25) is 5.32 Å². The third kappa shape index (κ3) is 4.85. The number of aromatic nitrogens is 1. The number of rotatable bonds is 6. The molecule has 0 spiro atoms. The van der Waals surface area contributed by atoms with Crippen LogP contribution < -0.4 is 31.6 Å². The zero-order chi connectivity index (χ0) is 24.9. The van der Waals surface area contributed by atoms with Gasteiger partial charge in [-0.15, -0.1) is 0 Å². The number of nitrogens with zero attached hydrogens (tertiary/aromatic N) is 4. The molecule has 2 aromatic carbocycles. The van der Waals surface area contributed by atoms with E-state index in [0.717, 1.165) is 9.13 Å². The van der Waals surface area contributed by atoms with Crippen LogP contribution in [0.25, 0.3) is 0 Å². The Bertz CT molecular complexity index is 1380. The molecule has 1 aromatic heterocycles. The number of hydrogen-bond acceptors (Lipinski definition) is 10. The van der Waals surface area contributed by atoms with Crippen LogP contribution in [0.3, 0.4) is 0 Å². The van der Waals surface area contributed by atoms with Gasteiger partial charge in [0.1, 0.15) is 35.9 Å². The highest BCUT2D eigenvalue weighted by Gasteiger charge is 2.31. The summed E-state index contributed by atoms with van der Waals surface area (Å²) in [4.78, 5) is 8.91. The quantitative estimate of drug-likeness (QED) is 0.193. The summed E-state index contributed by atoms with van der Waals surface area (Å²) >= 11 is 2.18. The second-order valence-corrected chi connectivity index (χ2v) is 8.60. The van der Waals surface area contributed by atoms with E-state index in [1.54, 1.807) is 0 Å². The van der Waals surface area contributed by atoms with Crippen molar-refractivity contribution >= 4 is 45.9 Å². The van der Waals surface area contributed by atoms with Crippen LogP contribution in [0, 0.1) is 26.4 Å². The van der Waals surface area contributed by atoms with E-state index in [2.05, 4.69) is 43.2 Å². The lowest BCUT2D eigenvalue weighted by Gasteiger charge is -2.27. The van der Waals surface area contributed by atoms with Crippen molar-refractivity contribution in [3.63, 3.8) is 0 Å². The second kappa shape index (κ2) is 10.4. The Balaban J connectivity index is 1.81. The molecule has 0 saturated heterocycles. The maximum atomic E-state index is 9.54. The predicted octanol–water partition coefficient (Wildman–Crippen LogP) is 3.64. The van der Waals surface area contributed by atoms with Gasteiger partial charge in [-0.1, -0.05) is 30.3 Å². The number of hydrogen-bond donors (Lipinski definition) is 4. The first-order valence-electron chi connectivity index (χ1n) is 10.6. The van der Waals surface area contributed by atoms with Crippen LogP contribution in [-0.4, -0.2) is 17.6 Å². The van der Waals surface area contributed by atoms with E-state index in [9.17, 15) is 5.26 Å². The van der Waals surface area contributed by atoms with Crippen molar-refractivity contribution in [2.45, 2.75) is 19.6 Å². The van der Waals surface area contributed by atoms with Gasteiger partial charge >= 0.3 is 0 Å². The summed E-state index contributed by atoms with van der Waals surface area (Å²) in [7, 11) is 0. The fraction of sp³-hybridized carbons (Fsp3) is 0.167. The molecule has 1 aliphatic heterocycles. The standard InChI is InChI=1S/C24H21IN8O2/c1-2-34-17-9-14(8-16(25)21(17)35-11-13-6-4-3-5-7-13)20-18-19(28)15(10-26)22(29)32-23(18)33-24(31-20)30-12-27/h3-9,20H,2,11H2,1H3,(H6,28,29,30,31,32,33). The van der Waals surface area contributed by atoms with Crippen molar-refractivity contribution in [1.82, 2.24) is 10.3 Å². The molecule has 0 fully saturated rings. The summed E-state index contributed by atoms with van der Waals surface area (Å²) in [6.45, 7) is 2.69. The van der Waals surface area contributed by atoms with Gasteiger partial charge in [-0.2, -0.15) is 10.5 Å². The first kappa shape index (κ1) is 23.9. The van der Waals surface area contributed by atoms with Crippen LogP contribution >= 0.6 is 22.6 Å². The van der Waals surface area contributed by atoms with Gasteiger partial charge in [0.25, 0.3) is 0 Å². The SMILES string of the molecule is CCOc1cc(C2N=C(NC#N)Nc3nc(N)c(C#N)c(N)c32)cc(I)c1OCc1ccccc1. The molecule has 0 bridgehead atoms. The monoisotopic (exact) mass is 580 g/mol. The van der Waals surface area contributed by atoms with Crippen molar-refractivity contribution < 1.29 is 9.47 Å². The normalized spacial score (nSPS) is 13.9. The Hall–Kier alpha value is -4.23. The van der Waals surface area contributed by atoms with Gasteiger partial charge in [0.15, 0.2) is 17.7 Å². The second-order valence-electron chi connectivity index (χ2n) is 7.44. The van der Waals surface area contributed by atoms with Crippen LogP contribution in [0.15, 0.2) is 47.5 Å². The average molecular weight is 580 g/mol. The number of guanidine groups is 1. The molecule has 0 aliphatic carbocycles. The number of aliphatic imine (C=N–C) groups is 1. The Labute approximate surface area is 215 Å². The highest BCUT2D eigenvalue weighted by atomic mass is 127. The van der Waals surface area contributed by atoms with E-state index in [4.69, 9.17) is 26.2 Å². The van der Waals surface area contributed by atoms with Gasteiger partial charge in [0.2, 0.25) is 5.96 Å². The lowest BCUT2D eigenvalue weighted by molar-refractivity contribution is 0.267. The molecular weight excluding hydrogens is 559 g/mol. The van der Waals surface area contributed by atoms with Crippen molar-refractivity contribution in [3.05, 3.63) is 68.3 Å². The van der Waals surface area contributed by atoms with Gasteiger partial charge in [-0.05, 0) is 52.8 Å². The zero-order valence-corrected chi connectivity index (χ0v) is 20.8. The highest BCUT2D eigenvalue weighted by molar-refractivity contribution is 14.1. The van der Waals surface area contributed by atoms with E-state index in [1.165, 1.54) is 0 Å². The molecule has 0 radical (unpaired) electrons. The molecule has 3 aromatic rings. The van der Waals surface area contributed by atoms with E-state index in [-0.39, 0.29) is 23.0 Å². The third-order valence-electron chi connectivity index (χ3n) is 5.23. The van der Waals surface area contributed by atoms with Crippen molar-refractivity contribution in [2.75, 3.05) is 23.4 Å². The lowest BCUT2D eigenvalue weighted by Crippen LogP contribution is -2.32. The molecule has 4 rings (SSSR count). The van der Waals surface area contributed by atoms with Crippen molar-refractivity contribution in [1.29, 1.82) is 10.5 Å². The van der Waals surface area contributed by atoms with E-state index < -0.39 is 6.04 Å². The lowest BCUT2D eigenvalue weighted by atomic mass is 9.95. The Morgan fingerprint density at radius 3 is 2.63 bits per heavy atom. The molecule has 0 amide bonds.